The molecule has 1 fully saturated rings. The molecule has 23 heavy (non-hydrogen) atoms. The molecule has 0 unspecified atom stereocenters. The number of carbonyl (C=O) groups is 1. The van der Waals surface area contributed by atoms with Crippen LogP contribution in [0.3, 0.4) is 0 Å². The largest absolute Gasteiger partial charge is 0.481 e. The van der Waals surface area contributed by atoms with E-state index in [0.717, 1.165) is 43.3 Å². The van der Waals surface area contributed by atoms with Crippen LogP contribution < -0.4 is 4.90 Å². The van der Waals surface area contributed by atoms with E-state index in [2.05, 4.69) is 20.0 Å². The Kier molecular flexibility index (Phi) is 4.83. The molecule has 1 aliphatic rings. The summed E-state index contributed by atoms with van der Waals surface area (Å²) in [4.78, 5) is 15.0. The van der Waals surface area contributed by atoms with Crippen LogP contribution in [0, 0.1) is 0 Å². The summed E-state index contributed by atoms with van der Waals surface area (Å²) in [5.41, 5.74) is 1.93. The Morgan fingerprint density at radius 3 is 2.35 bits per heavy atom. The van der Waals surface area contributed by atoms with Gasteiger partial charge in [-0.3, -0.25) is 9.69 Å². The third-order valence-corrected chi connectivity index (χ3v) is 4.06. The van der Waals surface area contributed by atoms with Crippen LogP contribution in [0.2, 0.25) is 0 Å². The molecule has 0 radical (unpaired) electrons. The van der Waals surface area contributed by atoms with Crippen molar-refractivity contribution in [3.8, 4) is 11.3 Å². The maximum atomic E-state index is 10.6. The Morgan fingerprint density at radius 2 is 1.74 bits per heavy atom. The minimum Gasteiger partial charge on any atom is -0.481 e. The SMILES string of the molecule is O=C(O)CCN1CCN(c2ccc(-c3ccccc3)nn2)CC1. The lowest BCUT2D eigenvalue weighted by atomic mass is 10.1. The summed E-state index contributed by atoms with van der Waals surface area (Å²) in [6.07, 6.45) is 0.200. The summed E-state index contributed by atoms with van der Waals surface area (Å²) >= 11 is 0. The van der Waals surface area contributed by atoms with Gasteiger partial charge >= 0.3 is 5.97 Å². The smallest absolute Gasteiger partial charge is 0.304 e. The van der Waals surface area contributed by atoms with Crippen molar-refractivity contribution in [2.75, 3.05) is 37.6 Å². The number of aromatic nitrogens is 2. The van der Waals surface area contributed by atoms with Crippen LogP contribution in [-0.2, 0) is 4.79 Å². The molecular formula is C17H20N4O2. The highest BCUT2D eigenvalue weighted by molar-refractivity contribution is 5.66. The number of benzene rings is 1. The number of carboxylic acid groups (broad SMARTS) is 1. The number of rotatable bonds is 5. The zero-order chi connectivity index (χ0) is 16.1. The van der Waals surface area contributed by atoms with Crippen molar-refractivity contribution in [3.63, 3.8) is 0 Å². The average Bonchev–Trinajstić information content (AvgIpc) is 2.61. The zero-order valence-electron chi connectivity index (χ0n) is 12.9. The monoisotopic (exact) mass is 312 g/mol. The molecule has 0 bridgehead atoms. The molecule has 0 saturated carbocycles. The minimum atomic E-state index is -0.741. The van der Waals surface area contributed by atoms with Crippen LogP contribution in [0.25, 0.3) is 11.3 Å². The average molecular weight is 312 g/mol. The van der Waals surface area contributed by atoms with Gasteiger partial charge in [0, 0.05) is 38.3 Å². The van der Waals surface area contributed by atoms with Crippen molar-refractivity contribution in [1.29, 1.82) is 0 Å². The van der Waals surface area contributed by atoms with Gasteiger partial charge in [-0.2, -0.15) is 0 Å². The van der Waals surface area contributed by atoms with E-state index in [9.17, 15) is 4.79 Å². The molecule has 1 aliphatic heterocycles. The molecular weight excluding hydrogens is 292 g/mol. The van der Waals surface area contributed by atoms with Crippen molar-refractivity contribution < 1.29 is 9.90 Å². The van der Waals surface area contributed by atoms with Crippen LogP contribution in [-0.4, -0.2) is 58.9 Å². The van der Waals surface area contributed by atoms with Gasteiger partial charge in [0.05, 0.1) is 12.1 Å². The first kappa shape index (κ1) is 15.4. The van der Waals surface area contributed by atoms with Gasteiger partial charge in [-0.15, -0.1) is 10.2 Å². The number of carboxylic acids is 1. The first-order valence-electron chi connectivity index (χ1n) is 7.80. The summed E-state index contributed by atoms with van der Waals surface area (Å²) in [6, 6.07) is 14.0. The number of nitrogens with zero attached hydrogens (tertiary/aromatic N) is 4. The van der Waals surface area contributed by atoms with Gasteiger partial charge < -0.3 is 10.0 Å². The van der Waals surface area contributed by atoms with Crippen molar-refractivity contribution in [2.45, 2.75) is 6.42 Å². The van der Waals surface area contributed by atoms with Crippen molar-refractivity contribution in [1.82, 2.24) is 15.1 Å². The second-order valence-electron chi connectivity index (χ2n) is 5.62. The molecule has 1 saturated heterocycles. The lowest BCUT2D eigenvalue weighted by Gasteiger charge is -2.34. The fourth-order valence-corrected chi connectivity index (χ4v) is 2.71. The standard InChI is InChI=1S/C17H20N4O2/c22-17(23)8-9-20-10-12-21(13-11-20)16-7-6-15(18-19-16)14-4-2-1-3-5-14/h1-7H,8-13H2,(H,22,23). The zero-order valence-corrected chi connectivity index (χ0v) is 12.9. The predicted molar refractivity (Wildman–Crippen MR) is 88.4 cm³/mol. The summed E-state index contributed by atoms with van der Waals surface area (Å²) < 4.78 is 0. The molecule has 120 valence electrons. The Hall–Kier alpha value is -2.47. The molecule has 0 spiro atoms. The topological polar surface area (TPSA) is 69.6 Å². The van der Waals surface area contributed by atoms with Crippen LogP contribution in [0.15, 0.2) is 42.5 Å². The van der Waals surface area contributed by atoms with Gasteiger partial charge in [0.2, 0.25) is 0 Å². The molecule has 3 rings (SSSR count). The number of piperazine rings is 1. The minimum absolute atomic E-state index is 0.200. The van der Waals surface area contributed by atoms with Crippen LogP contribution in [0.5, 0.6) is 0 Å². The van der Waals surface area contributed by atoms with E-state index < -0.39 is 5.97 Å². The second-order valence-corrected chi connectivity index (χ2v) is 5.62. The van der Waals surface area contributed by atoms with E-state index >= 15 is 0 Å². The molecule has 0 atom stereocenters. The molecule has 2 aromatic rings. The Labute approximate surface area is 135 Å². The van der Waals surface area contributed by atoms with E-state index in [0.29, 0.717) is 6.54 Å². The second kappa shape index (κ2) is 7.19. The Morgan fingerprint density at radius 1 is 1.00 bits per heavy atom. The fourth-order valence-electron chi connectivity index (χ4n) is 2.71. The quantitative estimate of drug-likeness (QED) is 0.907. The van der Waals surface area contributed by atoms with Gasteiger partial charge in [0.15, 0.2) is 5.82 Å². The van der Waals surface area contributed by atoms with Crippen molar-refractivity contribution >= 4 is 11.8 Å². The van der Waals surface area contributed by atoms with Gasteiger partial charge in [0.1, 0.15) is 0 Å². The van der Waals surface area contributed by atoms with E-state index in [-0.39, 0.29) is 6.42 Å². The van der Waals surface area contributed by atoms with Gasteiger partial charge in [0.25, 0.3) is 0 Å². The van der Waals surface area contributed by atoms with E-state index in [1.165, 1.54) is 0 Å². The van der Waals surface area contributed by atoms with Gasteiger partial charge in [-0.05, 0) is 12.1 Å². The maximum Gasteiger partial charge on any atom is 0.304 e. The Bertz CT molecular complexity index is 637. The summed E-state index contributed by atoms with van der Waals surface area (Å²) in [5.74, 6) is 0.136. The number of hydrogen-bond acceptors (Lipinski definition) is 5. The van der Waals surface area contributed by atoms with E-state index in [1.54, 1.807) is 0 Å². The lowest BCUT2D eigenvalue weighted by molar-refractivity contribution is -0.137. The number of hydrogen-bond donors (Lipinski definition) is 1. The van der Waals surface area contributed by atoms with Crippen molar-refractivity contribution in [2.24, 2.45) is 0 Å². The van der Waals surface area contributed by atoms with Crippen molar-refractivity contribution in [3.05, 3.63) is 42.5 Å². The van der Waals surface area contributed by atoms with E-state index in [4.69, 9.17) is 5.11 Å². The summed E-state index contributed by atoms with van der Waals surface area (Å²) in [6.45, 7) is 4.02. The van der Waals surface area contributed by atoms with Crippen LogP contribution in [0.4, 0.5) is 5.82 Å². The normalized spacial score (nSPS) is 15.6. The molecule has 1 N–H and O–H groups in total. The molecule has 1 aromatic heterocycles. The molecule has 0 amide bonds. The van der Waals surface area contributed by atoms with Crippen LogP contribution >= 0.6 is 0 Å². The first-order valence-corrected chi connectivity index (χ1v) is 7.80. The highest BCUT2D eigenvalue weighted by Gasteiger charge is 2.18. The first-order chi connectivity index (χ1) is 11.2. The highest BCUT2D eigenvalue weighted by atomic mass is 16.4. The summed E-state index contributed by atoms with van der Waals surface area (Å²) in [5, 5.41) is 17.4. The molecule has 2 heterocycles. The van der Waals surface area contributed by atoms with E-state index in [1.807, 2.05) is 42.5 Å². The lowest BCUT2D eigenvalue weighted by Crippen LogP contribution is -2.47. The van der Waals surface area contributed by atoms with Gasteiger partial charge in [-0.1, -0.05) is 30.3 Å². The fraction of sp³-hybridized carbons (Fsp3) is 0.353. The molecule has 6 heteroatoms. The molecule has 1 aromatic carbocycles. The molecule has 0 aliphatic carbocycles. The summed E-state index contributed by atoms with van der Waals surface area (Å²) in [7, 11) is 0. The number of anilines is 1. The number of aliphatic carboxylic acids is 1. The van der Waals surface area contributed by atoms with Gasteiger partial charge in [-0.25, -0.2) is 0 Å². The Balaban J connectivity index is 1.58. The molecule has 6 nitrogen and oxygen atoms in total. The predicted octanol–water partition coefficient (Wildman–Crippen LogP) is 1.74. The third-order valence-electron chi connectivity index (χ3n) is 4.06. The maximum absolute atomic E-state index is 10.6. The highest BCUT2D eigenvalue weighted by Crippen LogP contribution is 2.19. The van der Waals surface area contributed by atoms with Crippen LogP contribution in [0.1, 0.15) is 6.42 Å². The third kappa shape index (κ3) is 4.04.